The van der Waals surface area contributed by atoms with Crippen LogP contribution in [0.1, 0.15) is 0 Å². The molecule has 0 aromatic carbocycles. The van der Waals surface area contributed by atoms with Crippen molar-refractivity contribution in [3.63, 3.8) is 0 Å². The van der Waals surface area contributed by atoms with Gasteiger partial charge in [0.1, 0.15) is 0 Å². The molecule has 2 rings (SSSR count). The molecule has 0 aliphatic heterocycles. The van der Waals surface area contributed by atoms with Crippen LogP contribution in [0.5, 0.6) is 6.01 Å². The maximum Gasteiger partial charge on any atom is 0.321 e. The molecule has 90 valence electrons. The van der Waals surface area contributed by atoms with Crippen LogP contribution in [0, 0.1) is 0 Å². The fourth-order valence-electron chi connectivity index (χ4n) is 0.976. The van der Waals surface area contributed by atoms with Crippen LogP contribution in [0.15, 0.2) is 10.3 Å². The van der Waals surface area contributed by atoms with Gasteiger partial charge < -0.3 is 10.1 Å². The molecule has 0 bridgehead atoms. The largest absolute Gasteiger partial charge is 0.467 e. The number of tetrazole rings is 1. The van der Waals surface area contributed by atoms with E-state index >= 15 is 0 Å². The summed E-state index contributed by atoms with van der Waals surface area (Å²) in [7, 11) is 4.94. The number of rotatable bonds is 4. The predicted molar refractivity (Wildman–Crippen MR) is 58.8 cm³/mol. The molecule has 0 spiro atoms. The van der Waals surface area contributed by atoms with Crippen molar-refractivity contribution in [3.8, 4) is 6.01 Å². The first kappa shape index (κ1) is 11.5. The number of hydrogen-bond donors (Lipinski definition) is 1. The van der Waals surface area contributed by atoms with Gasteiger partial charge in [-0.25, -0.2) is 4.68 Å². The fourth-order valence-corrected chi connectivity index (χ4v) is 1.64. The van der Waals surface area contributed by atoms with Crippen molar-refractivity contribution in [1.29, 1.82) is 0 Å². The Morgan fingerprint density at radius 1 is 1.29 bits per heavy atom. The van der Waals surface area contributed by atoms with Gasteiger partial charge in [-0.2, -0.15) is 15.0 Å². The third-order valence-electron chi connectivity index (χ3n) is 1.76. The molecular weight excluding hydrogens is 244 g/mol. The standard InChI is InChI=1S/C7H10N8OS/c1-8-4-9-5(16-3)11-6(10-4)17-7-12-13-14-15(7)2/h1-3H3,(H,8,9,10,11). The van der Waals surface area contributed by atoms with Crippen molar-refractivity contribution in [3.05, 3.63) is 0 Å². The summed E-state index contributed by atoms with van der Waals surface area (Å²) in [4.78, 5) is 12.2. The Hall–Kier alpha value is -1.97. The molecule has 0 radical (unpaired) electrons. The van der Waals surface area contributed by atoms with E-state index in [2.05, 4.69) is 35.8 Å². The number of aryl methyl sites for hydroxylation is 1. The Morgan fingerprint density at radius 3 is 2.71 bits per heavy atom. The quantitative estimate of drug-likeness (QED) is 0.780. The molecule has 0 saturated carbocycles. The summed E-state index contributed by atoms with van der Waals surface area (Å²) >= 11 is 1.22. The molecule has 2 heterocycles. The van der Waals surface area contributed by atoms with E-state index in [1.165, 1.54) is 23.6 Å². The highest BCUT2D eigenvalue weighted by molar-refractivity contribution is 7.99. The van der Waals surface area contributed by atoms with Gasteiger partial charge in [0.2, 0.25) is 16.3 Å². The van der Waals surface area contributed by atoms with E-state index in [0.717, 1.165) is 0 Å². The molecule has 9 nitrogen and oxygen atoms in total. The molecule has 0 saturated heterocycles. The number of nitrogens with zero attached hydrogens (tertiary/aromatic N) is 7. The van der Waals surface area contributed by atoms with Crippen LogP contribution in [-0.2, 0) is 7.05 Å². The first-order valence-corrected chi connectivity index (χ1v) is 5.42. The van der Waals surface area contributed by atoms with E-state index < -0.39 is 0 Å². The minimum absolute atomic E-state index is 0.238. The van der Waals surface area contributed by atoms with Crippen molar-refractivity contribution in [2.24, 2.45) is 7.05 Å². The van der Waals surface area contributed by atoms with Crippen molar-refractivity contribution in [1.82, 2.24) is 35.2 Å². The van der Waals surface area contributed by atoms with Crippen LogP contribution in [0.25, 0.3) is 0 Å². The van der Waals surface area contributed by atoms with E-state index in [-0.39, 0.29) is 6.01 Å². The summed E-state index contributed by atoms with van der Waals surface area (Å²) in [5.74, 6) is 0.425. The minimum Gasteiger partial charge on any atom is -0.467 e. The smallest absolute Gasteiger partial charge is 0.321 e. The summed E-state index contributed by atoms with van der Waals surface area (Å²) in [5.41, 5.74) is 0. The lowest BCUT2D eigenvalue weighted by molar-refractivity contribution is 0.373. The van der Waals surface area contributed by atoms with Gasteiger partial charge in [0.05, 0.1) is 7.11 Å². The van der Waals surface area contributed by atoms with Crippen molar-refractivity contribution >= 4 is 17.7 Å². The average Bonchev–Trinajstić information content (AvgIpc) is 2.74. The third-order valence-corrected chi connectivity index (χ3v) is 2.66. The number of nitrogens with one attached hydrogen (secondary N) is 1. The van der Waals surface area contributed by atoms with E-state index in [9.17, 15) is 0 Å². The maximum atomic E-state index is 4.97. The van der Waals surface area contributed by atoms with Crippen LogP contribution >= 0.6 is 11.8 Å². The van der Waals surface area contributed by atoms with E-state index in [4.69, 9.17) is 4.74 Å². The second kappa shape index (κ2) is 4.91. The highest BCUT2D eigenvalue weighted by atomic mass is 32.2. The number of hydrogen-bond acceptors (Lipinski definition) is 9. The molecule has 10 heteroatoms. The number of anilines is 1. The average molecular weight is 254 g/mol. The topological polar surface area (TPSA) is 104 Å². The van der Waals surface area contributed by atoms with Gasteiger partial charge in [0.25, 0.3) is 0 Å². The highest BCUT2D eigenvalue weighted by Crippen LogP contribution is 2.23. The molecule has 0 atom stereocenters. The number of aromatic nitrogens is 7. The monoisotopic (exact) mass is 254 g/mol. The second-order valence-electron chi connectivity index (χ2n) is 2.87. The van der Waals surface area contributed by atoms with Crippen molar-refractivity contribution in [2.75, 3.05) is 19.5 Å². The zero-order valence-corrected chi connectivity index (χ0v) is 10.3. The zero-order valence-electron chi connectivity index (χ0n) is 9.45. The summed E-state index contributed by atoms with van der Waals surface area (Å²) in [5, 5.41) is 14.9. The number of methoxy groups -OCH3 is 1. The Morgan fingerprint density at radius 2 is 2.12 bits per heavy atom. The minimum atomic E-state index is 0.238. The molecule has 0 aliphatic rings. The van der Waals surface area contributed by atoms with E-state index in [1.54, 1.807) is 14.1 Å². The van der Waals surface area contributed by atoms with Crippen LogP contribution in [0.3, 0.4) is 0 Å². The predicted octanol–water partition coefficient (Wildman–Crippen LogP) is -0.403. The Labute approximate surface area is 101 Å². The first-order valence-electron chi connectivity index (χ1n) is 4.61. The summed E-state index contributed by atoms with van der Waals surface area (Å²) in [6.07, 6.45) is 0. The Bertz CT molecular complexity index is 492. The molecular formula is C7H10N8OS. The molecule has 2 aromatic rings. The van der Waals surface area contributed by atoms with E-state index in [0.29, 0.717) is 16.3 Å². The molecule has 17 heavy (non-hydrogen) atoms. The Balaban J connectivity index is 2.29. The highest BCUT2D eigenvalue weighted by Gasteiger charge is 2.11. The van der Waals surface area contributed by atoms with Crippen LogP contribution in [0.2, 0.25) is 0 Å². The van der Waals surface area contributed by atoms with Gasteiger partial charge >= 0.3 is 6.01 Å². The lowest BCUT2D eigenvalue weighted by Gasteiger charge is -2.03. The van der Waals surface area contributed by atoms with E-state index in [1.807, 2.05) is 0 Å². The third kappa shape index (κ3) is 2.58. The van der Waals surface area contributed by atoms with Gasteiger partial charge in [-0.1, -0.05) is 0 Å². The fraction of sp³-hybridized carbons (Fsp3) is 0.429. The van der Waals surface area contributed by atoms with Crippen LogP contribution in [0.4, 0.5) is 5.95 Å². The van der Waals surface area contributed by atoms with Crippen molar-refractivity contribution in [2.45, 2.75) is 10.3 Å². The first-order chi connectivity index (χ1) is 8.22. The van der Waals surface area contributed by atoms with Crippen molar-refractivity contribution < 1.29 is 4.74 Å². The second-order valence-corrected chi connectivity index (χ2v) is 3.80. The lowest BCUT2D eigenvalue weighted by Crippen LogP contribution is -2.03. The molecule has 1 N–H and O–H groups in total. The van der Waals surface area contributed by atoms with Gasteiger partial charge in [-0.05, 0) is 22.2 Å². The van der Waals surface area contributed by atoms with Gasteiger partial charge in [0.15, 0.2) is 0 Å². The summed E-state index contributed by atoms with van der Waals surface area (Å²) in [6, 6.07) is 0.238. The molecule has 2 aromatic heterocycles. The zero-order chi connectivity index (χ0) is 12.3. The summed E-state index contributed by atoms with van der Waals surface area (Å²) in [6.45, 7) is 0. The van der Waals surface area contributed by atoms with Gasteiger partial charge in [-0.15, -0.1) is 5.10 Å². The maximum absolute atomic E-state index is 4.97. The molecule has 0 amide bonds. The molecule has 0 aliphatic carbocycles. The molecule has 0 fully saturated rings. The molecule has 0 unspecified atom stereocenters. The van der Waals surface area contributed by atoms with Crippen LogP contribution in [-0.4, -0.2) is 49.3 Å². The van der Waals surface area contributed by atoms with Crippen LogP contribution < -0.4 is 10.1 Å². The van der Waals surface area contributed by atoms with Gasteiger partial charge in [-0.3, -0.25) is 0 Å². The Kier molecular flexibility index (Phi) is 3.32. The summed E-state index contributed by atoms with van der Waals surface area (Å²) < 4.78 is 6.50. The SMILES string of the molecule is CNc1nc(OC)nc(Sc2nnnn2C)n1. The normalized spacial score (nSPS) is 10.3. The number of ether oxygens (including phenoxy) is 1. The lowest BCUT2D eigenvalue weighted by atomic mass is 10.9. The van der Waals surface area contributed by atoms with Gasteiger partial charge in [0, 0.05) is 14.1 Å².